The molecule has 0 unspecified atom stereocenters. The molecule has 0 spiro atoms. The van der Waals surface area contributed by atoms with Gasteiger partial charge in [0.1, 0.15) is 19.0 Å². The molecule has 1 aliphatic rings. The minimum absolute atomic E-state index is 0.541. The molecule has 102 valence electrons. The quantitative estimate of drug-likeness (QED) is 0.804. The van der Waals surface area contributed by atoms with Gasteiger partial charge in [-0.05, 0) is 41.5 Å². The van der Waals surface area contributed by atoms with Gasteiger partial charge in [-0.1, -0.05) is 6.07 Å². The SMILES string of the molecule is COc1ccc(-c2ccc3c(c2)OCCO3)c(C=O)c1. The highest BCUT2D eigenvalue weighted by Crippen LogP contribution is 2.36. The maximum atomic E-state index is 11.2. The van der Waals surface area contributed by atoms with Gasteiger partial charge < -0.3 is 14.2 Å². The van der Waals surface area contributed by atoms with E-state index < -0.39 is 0 Å². The Morgan fingerprint density at radius 3 is 2.60 bits per heavy atom. The summed E-state index contributed by atoms with van der Waals surface area (Å²) in [6.07, 6.45) is 0.828. The molecule has 1 heterocycles. The molecule has 0 bridgehead atoms. The Balaban J connectivity index is 2.06. The molecular weight excluding hydrogens is 256 g/mol. The third-order valence-electron chi connectivity index (χ3n) is 3.24. The number of hydrogen-bond acceptors (Lipinski definition) is 4. The van der Waals surface area contributed by atoms with Gasteiger partial charge in [0.05, 0.1) is 7.11 Å². The van der Waals surface area contributed by atoms with Crippen LogP contribution in [0.3, 0.4) is 0 Å². The van der Waals surface area contributed by atoms with Crippen LogP contribution in [0.15, 0.2) is 36.4 Å². The zero-order chi connectivity index (χ0) is 13.9. The second-order valence-electron chi connectivity index (χ2n) is 4.43. The van der Waals surface area contributed by atoms with Crippen LogP contribution < -0.4 is 14.2 Å². The van der Waals surface area contributed by atoms with Crippen LogP contribution in [-0.4, -0.2) is 26.6 Å². The smallest absolute Gasteiger partial charge is 0.161 e. The van der Waals surface area contributed by atoms with Crippen LogP contribution in [0.25, 0.3) is 11.1 Å². The first-order valence-corrected chi connectivity index (χ1v) is 6.35. The fourth-order valence-corrected chi connectivity index (χ4v) is 2.24. The van der Waals surface area contributed by atoms with Crippen molar-refractivity contribution >= 4 is 6.29 Å². The minimum atomic E-state index is 0.541. The third kappa shape index (κ3) is 2.20. The molecule has 20 heavy (non-hydrogen) atoms. The lowest BCUT2D eigenvalue weighted by molar-refractivity contribution is 0.112. The van der Waals surface area contributed by atoms with Crippen molar-refractivity contribution in [3.05, 3.63) is 42.0 Å². The molecule has 4 nitrogen and oxygen atoms in total. The number of ether oxygens (including phenoxy) is 3. The van der Waals surface area contributed by atoms with Crippen molar-refractivity contribution in [2.45, 2.75) is 0 Å². The average molecular weight is 270 g/mol. The zero-order valence-electron chi connectivity index (χ0n) is 11.1. The number of carbonyl (C=O) groups is 1. The lowest BCUT2D eigenvalue weighted by Crippen LogP contribution is -2.15. The highest BCUT2D eigenvalue weighted by Gasteiger charge is 2.14. The zero-order valence-corrected chi connectivity index (χ0v) is 11.1. The van der Waals surface area contributed by atoms with Crippen molar-refractivity contribution in [2.24, 2.45) is 0 Å². The summed E-state index contributed by atoms with van der Waals surface area (Å²) in [5, 5.41) is 0. The van der Waals surface area contributed by atoms with Crippen LogP contribution in [0.2, 0.25) is 0 Å². The van der Waals surface area contributed by atoms with Gasteiger partial charge in [-0.15, -0.1) is 0 Å². The van der Waals surface area contributed by atoms with Gasteiger partial charge >= 0.3 is 0 Å². The van der Waals surface area contributed by atoms with Gasteiger partial charge in [-0.3, -0.25) is 4.79 Å². The molecule has 0 aromatic heterocycles. The summed E-state index contributed by atoms with van der Waals surface area (Å²) in [7, 11) is 1.58. The number of benzene rings is 2. The molecule has 0 amide bonds. The van der Waals surface area contributed by atoms with E-state index in [9.17, 15) is 4.79 Å². The molecule has 0 atom stereocenters. The van der Waals surface area contributed by atoms with E-state index in [2.05, 4.69) is 0 Å². The van der Waals surface area contributed by atoms with E-state index in [4.69, 9.17) is 14.2 Å². The maximum absolute atomic E-state index is 11.2. The minimum Gasteiger partial charge on any atom is -0.497 e. The molecule has 0 saturated carbocycles. The topological polar surface area (TPSA) is 44.8 Å². The molecule has 1 aliphatic heterocycles. The van der Waals surface area contributed by atoms with E-state index in [1.54, 1.807) is 13.2 Å². The second kappa shape index (κ2) is 5.25. The molecule has 0 saturated heterocycles. The molecule has 2 aromatic rings. The van der Waals surface area contributed by atoms with Crippen molar-refractivity contribution in [2.75, 3.05) is 20.3 Å². The lowest BCUT2D eigenvalue weighted by Gasteiger charge is -2.19. The van der Waals surface area contributed by atoms with Gasteiger partial charge in [0.25, 0.3) is 0 Å². The van der Waals surface area contributed by atoms with E-state index >= 15 is 0 Å². The number of aldehydes is 1. The van der Waals surface area contributed by atoms with Gasteiger partial charge in [0.15, 0.2) is 17.8 Å². The normalized spacial score (nSPS) is 12.8. The predicted molar refractivity (Wildman–Crippen MR) is 74.8 cm³/mol. The van der Waals surface area contributed by atoms with Gasteiger partial charge in [-0.25, -0.2) is 0 Å². The summed E-state index contributed by atoms with van der Waals surface area (Å²) in [5.41, 5.74) is 2.35. The number of methoxy groups -OCH3 is 1. The number of fused-ring (bicyclic) bond motifs is 1. The van der Waals surface area contributed by atoms with E-state index in [-0.39, 0.29) is 0 Å². The average Bonchev–Trinajstić information content (AvgIpc) is 2.53. The van der Waals surface area contributed by atoms with Crippen LogP contribution >= 0.6 is 0 Å². The maximum Gasteiger partial charge on any atom is 0.161 e. The molecule has 0 aliphatic carbocycles. The Morgan fingerprint density at radius 1 is 1.05 bits per heavy atom. The molecule has 0 fully saturated rings. The van der Waals surface area contributed by atoms with Crippen LogP contribution in [0.1, 0.15) is 10.4 Å². The summed E-state index contributed by atoms with van der Waals surface area (Å²) in [6, 6.07) is 11.1. The van der Waals surface area contributed by atoms with Gasteiger partial charge in [0, 0.05) is 5.56 Å². The van der Waals surface area contributed by atoms with Crippen molar-refractivity contribution in [1.82, 2.24) is 0 Å². The van der Waals surface area contributed by atoms with E-state index in [0.717, 1.165) is 23.2 Å². The van der Waals surface area contributed by atoms with E-state index in [1.807, 2.05) is 30.3 Å². The van der Waals surface area contributed by atoms with Crippen LogP contribution in [0.4, 0.5) is 0 Å². The highest BCUT2D eigenvalue weighted by molar-refractivity contribution is 5.88. The monoisotopic (exact) mass is 270 g/mol. The number of hydrogen-bond donors (Lipinski definition) is 0. The second-order valence-corrected chi connectivity index (χ2v) is 4.43. The first-order chi connectivity index (χ1) is 9.81. The third-order valence-corrected chi connectivity index (χ3v) is 3.24. The van der Waals surface area contributed by atoms with Crippen LogP contribution in [0.5, 0.6) is 17.2 Å². The first kappa shape index (κ1) is 12.5. The molecule has 2 aromatic carbocycles. The van der Waals surface area contributed by atoms with Crippen molar-refractivity contribution < 1.29 is 19.0 Å². The molecular formula is C16H14O4. The predicted octanol–water partition coefficient (Wildman–Crippen LogP) is 2.95. The summed E-state index contributed by atoms with van der Waals surface area (Å²) in [4.78, 5) is 11.2. The number of carbonyl (C=O) groups excluding carboxylic acids is 1. The summed E-state index contributed by atoms with van der Waals surface area (Å²) in [5.74, 6) is 2.11. The fraction of sp³-hybridized carbons (Fsp3) is 0.188. The molecule has 4 heteroatoms. The Bertz CT molecular complexity index is 649. The van der Waals surface area contributed by atoms with Crippen molar-refractivity contribution in [3.8, 4) is 28.4 Å². The first-order valence-electron chi connectivity index (χ1n) is 6.35. The highest BCUT2D eigenvalue weighted by atomic mass is 16.6. The van der Waals surface area contributed by atoms with Crippen molar-refractivity contribution in [3.63, 3.8) is 0 Å². The molecule has 3 rings (SSSR count). The lowest BCUT2D eigenvalue weighted by atomic mass is 9.99. The Morgan fingerprint density at radius 2 is 1.85 bits per heavy atom. The van der Waals surface area contributed by atoms with Gasteiger partial charge in [-0.2, -0.15) is 0 Å². The van der Waals surface area contributed by atoms with E-state index in [0.29, 0.717) is 30.3 Å². The molecule has 0 N–H and O–H groups in total. The Labute approximate surface area is 116 Å². The summed E-state index contributed by atoms with van der Waals surface area (Å²) < 4.78 is 16.2. The summed E-state index contributed by atoms with van der Waals surface area (Å²) >= 11 is 0. The molecule has 0 radical (unpaired) electrons. The van der Waals surface area contributed by atoms with Crippen molar-refractivity contribution in [1.29, 1.82) is 0 Å². The Kier molecular flexibility index (Phi) is 3.29. The number of rotatable bonds is 3. The van der Waals surface area contributed by atoms with Gasteiger partial charge in [0.2, 0.25) is 0 Å². The standard InChI is InChI=1S/C16H14O4/c1-18-13-3-4-14(12(8-13)10-17)11-2-5-15-16(9-11)20-7-6-19-15/h2-5,8-10H,6-7H2,1H3. The largest absolute Gasteiger partial charge is 0.497 e. The Hall–Kier alpha value is -2.49. The summed E-state index contributed by atoms with van der Waals surface area (Å²) in [6.45, 7) is 1.11. The van der Waals surface area contributed by atoms with E-state index in [1.165, 1.54) is 0 Å². The van der Waals surface area contributed by atoms with Crippen LogP contribution in [-0.2, 0) is 0 Å². The fourth-order valence-electron chi connectivity index (χ4n) is 2.24. The van der Waals surface area contributed by atoms with Crippen LogP contribution in [0, 0.1) is 0 Å².